The number of carbonyl (C=O) groups is 1. The number of rotatable bonds is 2. The molecular weight excluding hydrogens is 350 g/mol. The molecule has 1 spiro atoms. The lowest BCUT2D eigenvalue weighted by Gasteiger charge is -2.23. The number of ether oxygens (including phenoxy) is 1. The van der Waals surface area contributed by atoms with E-state index in [4.69, 9.17) is 4.74 Å². The number of likely N-dealkylation sites (tertiary alicyclic amines) is 1. The van der Waals surface area contributed by atoms with Gasteiger partial charge in [0, 0.05) is 42.8 Å². The lowest BCUT2D eigenvalue weighted by molar-refractivity contribution is 0.0775. The van der Waals surface area contributed by atoms with Gasteiger partial charge in [-0.3, -0.25) is 9.48 Å². The molecule has 1 fully saturated rings. The molecule has 1 saturated heterocycles. The SMILES string of the molecule is Cn1cc(-c2ccc3c(c2)C2(CCN(C(=O)c4csnn4)C2)CO3)cn1. The number of aromatic nitrogens is 4. The van der Waals surface area contributed by atoms with Crippen LogP contribution in [0.15, 0.2) is 36.0 Å². The Morgan fingerprint density at radius 1 is 1.35 bits per heavy atom. The van der Waals surface area contributed by atoms with Crippen molar-refractivity contribution in [3.8, 4) is 16.9 Å². The molecule has 2 aromatic heterocycles. The quantitative estimate of drug-likeness (QED) is 0.694. The minimum Gasteiger partial charge on any atom is -0.492 e. The molecule has 0 saturated carbocycles. The highest BCUT2D eigenvalue weighted by molar-refractivity contribution is 7.03. The molecule has 2 aliphatic rings. The third-order valence-corrected chi connectivity index (χ3v) is 5.82. The van der Waals surface area contributed by atoms with Gasteiger partial charge in [-0.15, -0.1) is 5.10 Å². The van der Waals surface area contributed by atoms with E-state index in [0.717, 1.165) is 23.3 Å². The monoisotopic (exact) mass is 367 g/mol. The topological polar surface area (TPSA) is 73.1 Å². The average molecular weight is 367 g/mol. The summed E-state index contributed by atoms with van der Waals surface area (Å²) in [6.45, 7) is 1.96. The lowest BCUT2D eigenvalue weighted by Crippen LogP contribution is -2.35. The van der Waals surface area contributed by atoms with Crippen LogP contribution in [-0.4, -0.2) is 49.9 Å². The largest absolute Gasteiger partial charge is 0.492 e. The van der Waals surface area contributed by atoms with Crippen LogP contribution in [0.3, 0.4) is 0 Å². The van der Waals surface area contributed by atoms with Gasteiger partial charge < -0.3 is 9.64 Å². The molecule has 0 radical (unpaired) electrons. The Bertz CT molecular complexity index is 983. The lowest BCUT2D eigenvalue weighted by atomic mass is 9.81. The van der Waals surface area contributed by atoms with Gasteiger partial charge in [0.2, 0.25) is 0 Å². The molecule has 1 unspecified atom stereocenters. The summed E-state index contributed by atoms with van der Waals surface area (Å²) in [4.78, 5) is 14.5. The second kappa shape index (κ2) is 5.63. The molecule has 1 aromatic carbocycles. The first-order chi connectivity index (χ1) is 12.6. The highest BCUT2D eigenvalue weighted by Gasteiger charge is 2.47. The number of aryl methyl sites for hydroxylation is 1. The third kappa shape index (κ3) is 2.33. The van der Waals surface area contributed by atoms with Crippen LogP contribution in [0.5, 0.6) is 5.75 Å². The summed E-state index contributed by atoms with van der Waals surface area (Å²) in [5.41, 5.74) is 3.67. The van der Waals surface area contributed by atoms with Gasteiger partial charge in [0.1, 0.15) is 5.75 Å². The fourth-order valence-corrected chi connectivity index (χ4v) is 4.35. The maximum Gasteiger partial charge on any atom is 0.275 e. The molecular formula is C18H17N5O2S. The Labute approximate surface area is 154 Å². The summed E-state index contributed by atoms with van der Waals surface area (Å²) in [5.74, 6) is 0.870. The first kappa shape index (κ1) is 15.5. The van der Waals surface area contributed by atoms with E-state index in [1.165, 1.54) is 17.1 Å². The number of benzene rings is 1. The van der Waals surface area contributed by atoms with E-state index in [9.17, 15) is 4.79 Å². The summed E-state index contributed by atoms with van der Waals surface area (Å²) in [7, 11) is 1.91. The number of nitrogens with zero attached hydrogens (tertiary/aromatic N) is 5. The van der Waals surface area contributed by atoms with Crippen molar-refractivity contribution in [2.45, 2.75) is 11.8 Å². The molecule has 0 bridgehead atoms. The zero-order valence-corrected chi connectivity index (χ0v) is 15.1. The predicted octanol–water partition coefficient (Wildman–Crippen LogP) is 2.11. The van der Waals surface area contributed by atoms with Gasteiger partial charge in [0.25, 0.3) is 5.91 Å². The van der Waals surface area contributed by atoms with Crippen LogP contribution in [0.2, 0.25) is 0 Å². The highest BCUT2D eigenvalue weighted by Crippen LogP contribution is 2.46. The van der Waals surface area contributed by atoms with Crippen LogP contribution >= 0.6 is 11.5 Å². The maximum absolute atomic E-state index is 12.6. The van der Waals surface area contributed by atoms with Crippen molar-refractivity contribution in [2.24, 2.45) is 7.05 Å². The molecule has 0 N–H and O–H groups in total. The minimum absolute atomic E-state index is 0.0486. The Morgan fingerprint density at radius 2 is 2.27 bits per heavy atom. The molecule has 26 heavy (non-hydrogen) atoms. The molecule has 132 valence electrons. The van der Waals surface area contributed by atoms with Crippen molar-refractivity contribution >= 4 is 17.4 Å². The summed E-state index contributed by atoms with van der Waals surface area (Å²) >= 11 is 1.20. The Hall–Kier alpha value is -2.74. The third-order valence-electron chi connectivity index (χ3n) is 5.31. The summed E-state index contributed by atoms with van der Waals surface area (Å²) in [5, 5.41) is 9.87. The molecule has 7 nitrogen and oxygen atoms in total. The van der Waals surface area contributed by atoms with Gasteiger partial charge in [-0.1, -0.05) is 10.6 Å². The number of amides is 1. The average Bonchev–Trinajstić information content (AvgIpc) is 3.43. The van der Waals surface area contributed by atoms with Crippen molar-refractivity contribution in [3.05, 3.63) is 47.2 Å². The minimum atomic E-state index is -0.146. The van der Waals surface area contributed by atoms with Gasteiger partial charge in [-0.2, -0.15) is 5.10 Å². The van der Waals surface area contributed by atoms with E-state index < -0.39 is 0 Å². The molecule has 3 aromatic rings. The first-order valence-electron chi connectivity index (χ1n) is 8.47. The van der Waals surface area contributed by atoms with E-state index in [1.54, 1.807) is 10.1 Å². The number of hydrogen-bond acceptors (Lipinski definition) is 6. The van der Waals surface area contributed by atoms with Gasteiger partial charge in [0.15, 0.2) is 5.69 Å². The van der Waals surface area contributed by atoms with Crippen molar-refractivity contribution in [3.63, 3.8) is 0 Å². The standard InChI is InChI=1S/C18H17N5O2S/c1-22-8-13(7-19-22)12-2-3-16-14(6-12)18(11-25-16)4-5-23(10-18)17(24)15-9-26-21-20-15/h2-3,6-9H,4-5,10-11H2,1H3. The summed E-state index contributed by atoms with van der Waals surface area (Å²) < 4.78 is 11.6. The van der Waals surface area contributed by atoms with Gasteiger partial charge in [-0.25, -0.2) is 0 Å². The molecule has 8 heteroatoms. The molecule has 1 atom stereocenters. The molecule has 0 aliphatic carbocycles. The number of hydrogen-bond donors (Lipinski definition) is 0. The Morgan fingerprint density at radius 3 is 3.04 bits per heavy atom. The van der Waals surface area contributed by atoms with Gasteiger partial charge in [-0.05, 0) is 35.6 Å². The van der Waals surface area contributed by atoms with Gasteiger partial charge in [0.05, 0.1) is 18.2 Å². The van der Waals surface area contributed by atoms with E-state index >= 15 is 0 Å². The number of carbonyl (C=O) groups excluding carboxylic acids is 1. The highest BCUT2D eigenvalue weighted by atomic mass is 32.1. The number of fused-ring (bicyclic) bond motifs is 2. The normalized spacial score (nSPS) is 21.2. The Balaban J connectivity index is 1.47. The van der Waals surface area contributed by atoms with Crippen molar-refractivity contribution in [1.82, 2.24) is 24.3 Å². The first-order valence-corrected chi connectivity index (χ1v) is 9.31. The zero-order chi connectivity index (χ0) is 17.7. The van der Waals surface area contributed by atoms with E-state index in [1.807, 2.05) is 30.4 Å². The van der Waals surface area contributed by atoms with Crippen molar-refractivity contribution < 1.29 is 9.53 Å². The molecule has 2 aliphatic heterocycles. The Kier molecular flexibility index (Phi) is 3.36. The molecule has 1 amide bonds. The second-order valence-corrected chi connectivity index (χ2v) is 7.56. The van der Waals surface area contributed by atoms with Crippen molar-refractivity contribution in [1.29, 1.82) is 0 Å². The fourth-order valence-electron chi connectivity index (χ4n) is 3.92. The van der Waals surface area contributed by atoms with Crippen molar-refractivity contribution in [2.75, 3.05) is 19.7 Å². The maximum atomic E-state index is 12.6. The van der Waals surface area contributed by atoms with Crippen LogP contribution in [0.1, 0.15) is 22.5 Å². The van der Waals surface area contributed by atoms with E-state index in [2.05, 4.69) is 26.8 Å². The van der Waals surface area contributed by atoms with Crippen LogP contribution in [0, 0.1) is 0 Å². The second-order valence-electron chi connectivity index (χ2n) is 6.95. The van der Waals surface area contributed by atoms with Crippen LogP contribution in [-0.2, 0) is 12.5 Å². The predicted molar refractivity (Wildman–Crippen MR) is 96.2 cm³/mol. The van der Waals surface area contributed by atoms with Gasteiger partial charge >= 0.3 is 0 Å². The molecule has 4 heterocycles. The van der Waals surface area contributed by atoms with Crippen LogP contribution in [0.4, 0.5) is 0 Å². The smallest absolute Gasteiger partial charge is 0.275 e. The van der Waals surface area contributed by atoms with E-state index in [-0.39, 0.29) is 11.3 Å². The van der Waals surface area contributed by atoms with Crippen LogP contribution in [0.25, 0.3) is 11.1 Å². The zero-order valence-electron chi connectivity index (χ0n) is 14.3. The van der Waals surface area contributed by atoms with Crippen LogP contribution < -0.4 is 4.74 Å². The fraction of sp³-hybridized carbons (Fsp3) is 0.333. The summed E-state index contributed by atoms with van der Waals surface area (Å²) in [6.07, 6.45) is 4.76. The summed E-state index contributed by atoms with van der Waals surface area (Å²) in [6, 6.07) is 6.28. The molecule has 5 rings (SSSR count). The van der Waals surface area contributed by atoms with E-state index in [0.29, 0.717) is 25.4 Å².